The molecule has 4 aromatic rings. The monoisotopic (exact) mass is 475 g/mol. The van der Waals surface area contributed by atoms with Gasteiger partial charge in [0, 0.05) is 26.2 Å². The molecule has 2 aromatic heterocycles. The van der Waals surface area contributed by atoms with Crippen LogP contribution in [0.15, 0.2) is 54.6 Å². The summed E-state index contributed by atoms with van der Waals surface area (Å²) in [5.41, 5.74) is 3.90. The van der Waals surface area contributed by atoms with Crippen molar-refractivity contribution in [1.82, 2.24) is 19.7 Å². The van der Waals surface area contributed by atoms with Gasteiger partial charge in [0.05, 0.1) is 29.1 Å². The summed E-state index contributed by atoms with van der Waals surface area (Å²) in [7, 11) is 1.66. The molecule has 0 aliphatic carbocycles. The molecular formula is C26H29N5O2S. The number of aromatic nitrogens is 3. The van der Waals surface area contributed by atoms with E-state index < -0.39 is 0 Å². The number of amides is 1. The number of rotatable bonds is 6. The van der Waals surface area contributed by atoms with E-state index in [4.69, 9.17) is 14.8 Å². The first-order valence-corrected chi connectivity index (χ1v) is 12.5. The molecular weight excluding hydrogens is 446 g/mol. The highest BCUT2D eigenvalue weighted by molar-refractivity contribution is 7.22. The van der Waals surface area contributed by atoms with Crippen LogP contribution in [0.5, 0.6) is 5.75 Å². The maximum Gasteiger partial charge on any atom is 0.230 e. The third-order valence-corrected chi connectivity index (χ3v) is 7.68. The number of hydrogen-bond acceptors (Lipinski definition) is 6. The molecule has 5 rings (SSSR count). The summed E-state index contributed by atoms with van der Waals surface area (Å²) in [6.07, 6.45) is 0.808. The van der Waals surface area contributed by atoms with Crippen LogP contribution in [-0.4, -0.2) is 58.9 Å². The van der Waals surface area contributed by atoms with Gasteiger partial charge < -0.3 is 14.5 Å². The summed E-state index contributed by atoms with van der Waals surface area (Å²) in [6.45, 7) is 7.09. The molecule has 1 fully saturated rings. The van der Waals surface area contributed by atoms with Crippen molar-refractivity contribution in [3.63, 3.8) is 0 Å². The van der Waals surface area contributed by atoms with E-state index in [0.29, 0.717) is 13.1 Å². The molecule has 1 saturated heterocycles. The van der Waals surface area contributed by atoms with Crippen molar-refractivity contribution in [3.05, 3.63) is 65.9 Å². The lowest BCUT2D eigenvalue weighted by Crippen LogP contribution is -2.50. The van der Waals surface area contributed by atoms with Crippen molar-refractivity contribution in [1.29, 1.82) is 0 Å². The van der Waals surface area contributed by atoms with Gasteiger partial charge in [0.1, 0.15) is 5.75 Å². The number of aryl methyl sites for hydroxylation is 1. The van der Waals surface area contributed by atoms with Gasteiger partial charge >= 0.3 is 0 Å². The molecule has 8 heteroatoms. The lowest BCUT2D eigenvalue weighted by atomic mass is 9.95. The number of methoxy groups -OCH3 is 1. The molecule has 1 aliphatic rings. The summed E-state index contributed by atoms with van der Waals surface area (Å²) in [6, 6.07) is 18.0. The van der Waals surface area contributed by atoms with Gasteiger partial charge in [0.15, 0.2) is 10.8 Å². The maximum atomic E-state index is 13.2. The number of ether oxygens (including phenoxy) is 1. The molecule has 34 heavy (non-hydrogen) atoms. The average molecular weight is 476 g/mol. The molecule has 176 valence electrons. The number of anilines is 1. The van der Waals surface area contributed by atoms with Crippen LogP contribution in [0.3, 0.4) is 0 Å². The average Bonchev–Trinajstić information content (AvgIpc) is 3.46. The lowest BCUT2D eigenvalue weighted by molar-refractivity contribution is -0.133. The van der Waals surface area contributed by atoms with Crippen LogP contribution in [0.2, 0.25) is 0 Å². The van der Waals surface area contributed by atoms with E-state index in [9.17, 15) is 4.79 Å². The highest BCUT2D eigenvalue weighted by atomic mass is 32.1. The van der Waals surface area contributed by atoms with Crippen molar-refractivity contribution in [2.75, 3.05) is 38.2 Å². The molecule has 0 saturated carbocycles. The van der Waals surface area contributed by atoms with Gasteiger partial charge in [-0.05, 0) is 43.2 Å². The third-order valence-electron chi connectivity index (χ3n) is 6.46. The number of fused-ring (bicyclic) bond motifs is 1. The van der Waals surface area contributed by atoms with E-state index in [-0.39, 0.29) is 11.8 Å². The van der Waals surface area contributed by atoms with Crippen molar-refractivity contribution in [2.45, 2.75) is 26.2 Å². The molecule has 7 nitrogen and oxygen atoms in total. The van der Waals surface area contributed by atoms with Crippen molar-refractivity contribution in [2.24, 2.45) is 0 Å². The topological polar surface area (TPSA) is 63.5 Å². The maximum absolute atomic E-state index is 13.2. The quantitative estimate of drug-likeness (QED) is 0.407. The minimum Gasteiger partial charge on any atom is -0.497 e. The van der Waals surface area contributed by atoms with Crippen LogP contribution in [0, 0.1) is 6.92 Å². The number of carbonyl (C=O) groups excluding carboxylic acids is 1. The zero-order valence-electron chi connectivity index (χ0n) is 19.8. The second-order valence-electron chi connectivity index (χ2n) is 8.53. The standard InChI is InChI=1S/C26H29N5O2S/c1-4-22(19-8-6-5-7-9-19)25(32)29-14-16-30(17-15-29)26-27-24-23(34-26)18(2)28-31(24)20-10-12-21(33-3)13-11-20/h5-13,22H,4,14-17H2,1-3H3. The van der Waals surface area contributed by atoms with Crippen molar-refractivity contribution >= 4 is 32.7 Å². The number of benzene rings is 2. The second-order valence-corrected chi connectivity index (χ2v) is 9.51. The molecule has 0 spiro atoms. The Morgan fingerprint density at radius 1 is 1.06 bits per heavy atom. The second kappa shape index (κ2) is 9.46. The van der Waals surface area contributed by atoms with Gasteiger partial charge in [-0.2, -0.15) is 10.1 Å². The zero-order chi connectivity index (χ0) is 23.7. The molecule has 1 atom stereocenters. The fraction of sp³-hybridized carbons (Fsp3) is 0.346. The first kappa shape index (κ1) is 22.4. The summed E-state index contributed by atoms with van der Waals surface area (Å²) < 4.78 is 8.27. The van der Waals surface area contributed by atoms with Gasteiger partial charge in [-0.3, -0.25) is 4.79 Å². The molecule has 3 heterocycles. The number of thiazole rings is 1. The van der Waals surface area contributed by atoms with Crippen molar-refractivity contribution < 1.29 is 9.53 Å². The number of piperazine rings is 1. The van der Waals surface area contributed by atoms with Gasteiger partial charge in [-0.25, -0.2) is 4.68 Å². The highest BCUT2D eigenvalue weighted by Crippen LogP contribution is 2.33. The Morgan fingerprint density at radius 3 is 2.41 bits per heavy atom. The Labute approximate surface area is 203 Å². The van der Waals surface area contributed by atoms with Gasteiger partial charge in [0.2, 0.25) is 5.91 Å². The minimum absolute atomic E-state index is 0.0756. The zero-order valence-corrected chi connectivity index (χ0v) is 20.6. The predicted molar refractivity (Wildman–Crippen MR) is 136 cm³/mol. The van der Waals surface area contributed by atoms with Gasteiger partial charge in [0.25, 0.3) is 0 Å². The van der Waals surface area contributed by atoms with E-state index in [1.54, 1.807) is 18.4 Å². The number of nitrogens with zero attached hydrogens (tertiary/aromatic N) is 5. The van der Waals surface area contributed by atoms with Crippen molar-refractivity contribution in [3.8, 4) is 11.4 Å². The summed E-state index contributed by atoms with van der Waals surface area (Å²) in [5.74, 6) is 0.963. The predicted octanol–water partition coefficient (Wildman–Crippen LogP) is 4.64. The van der Waals surface area contributed by atoms with E-state index >= 15 is 0 Å². The minimum atomic E-state index is -0.0756. The third kappa shape index (κ3) is 4.14. The van der Waals surface area contributed by atoms with Gasteiger partial charge in [-0.1, -0.05) is 48.6 Å². The first-order chi connectivity index (χ1) is 16.6. The Bertz CT molecular complexity index is 1270. The van der Waals surface area contributed by atoms with E-state index in [0.717, 1.165) is 57.7 Å². The molecule has 1 aliphatic heterocycles. The Hall–Kier alpha value is -3.39. The lowest BCUT2D eigenvalue weighted by Gasteiger charge is -2.36. The molecule has 0 radical (unpaired) electrons. The Balaban J connectivity index is 1.31. The fourth-order valence-electron chi connectivity index (χ4n) is 4.54. The number of carbonyl (C=O) groups is 1. The van der Waals surface area contributed by atoms with Gasteiger partial charge in [-0.15, -0.1) is 0 Å². The molecule has 1 amide bonds. The molecule has 0 bridgehead atoms. The van der Waals surface area contributed by atoms with Crippen LogP contribution in [0.25, 0.3) is 16.0 Å². The number of hydrogen-bond donors (Lipinski definition) is 0. The Kier molecular flexibility index (Phi) is 6.24. The largest absolute Gasteiger partial charge is 0.497 e. The molecule has 0 N–H and O–H groups in total. The van der Waals surface area contributed by atoms with Crippen LogP contribution in [-0.2, 0) is 4.79 Å². The fourth-order valence-corrected chi connectivity index (χ4v) is 5.58. The SMILES string of the molecule is CCC(C(=O)N1CCN(c2nc3c(s2)c(C)nn3-c2ccc(OC)cc2)CC1)c1ccccc1. The van der Waals surface area contributed by atoms with Crippen LogP contribution in [0.1, 0.15) is 30.5 Å². The normalized spacial score (nSPS) is 15.0. The summed E-state index contributed by atoms with van der Waals surface area (Å²) >= 11 is 1.67. The van der Waals surface area contributed by atoms with Crippen LogP contribution < -0.4 is 9.64 Å². The van der Waals surface area contributed by atoms with E-state index in [1.807, 2.05) is 59.0 Å². The smallest absolute Gasteiger partial charge is 0.230 e. The van der Waals surface area contributed by atoms with Crippen LogP contribution in [0.4, 0.5) is 5.13 Å². The molecule has 1 unspecified atom stereocenters. The highest BCUT2D eigenvalue weighted by Gasteiger charge is 2.29. The summed E-state index contributed by atoms with van der Waals surface area (Å²) in [4.78, 5) is 22.5. The van der Waals surface area contributed by atoms with E-state index in [2.05, 4.69) is 24.0 Å². The Morgan fingerprint density at radius 2 is 1.76 bits per heavy atom. The molecule has 2 aromatic carbocycles. The van der Waals surface area contributed by atoms with E-state index in [1.165, 1.54) is 0 Å². The first-order valence-electron chi connectivity index (χ1n) is 11.7. The summed E-state index contributed by atoms with van der Waals surface area (Å²) in [5, 5.41) is 5.69. The van der Waals surface area contributed by atoms with Crippen LogP contribution >= 0.6 is 11.3 Å².